The number of alkyl halides is 2. The summed E-state index contributed by atoms with van der Waals surface area (Å²) in [5.74, 6) is -0.363. The molecule has 8 nitrogen and oxygen atoms in total. The minimum absolute atomic E-state index is 0.0158. The van der Waals surface area contributed by atoms with Crippen LogP contribution in [-0.4, -0.2) is 59.1 Å². The third kappa shape index (κ3) is 8.59. The van der Waals surface area contributed by atoms with Crippen molar-refractivity contribution in [1.82, 2.24) is 20.5 Å². The summed E-state index contributed by atoms with van der Waals surface area (Å²) in [6.45, 7) is 4.46. The first-order valence-corrected chi connectivity index (χ1v) is 16.6. The molecule has 248 valence electrons. The van der Waals surface area contributed by atoms with Gasteiger partial charge in [0, 0.05) is 46.9 Å². The van der Waals surface area contributed by atoms with Crippen LogP contribution >= 0.6 is 11.3 Å². The highest BCUT2D eigenvalue weighted by molar-refractivity contribution is 7.09. The molecule has 0 radical (unpaired) electrons. The molecule has 11 heteroatoms. The lowest BCUT2D eigenvalue weighted by molar-refractivity contribution is 0.0734. The number of hydrogen-bond acceptors (Lipinski definition) is 7. The Morgan fingerprint density at radius 1 is 1.06 bits per heavy atom. The number of aryl methyl sites for hydroxylation is 1. The quantitative estimate of drug-likeness (QED) is 0.153. The summed E-state index contributed by atoms with van der Waals surface area (Å²) >= 11 is 1.47. The molecule has 0 unspecified atom stereocenters. The molecular formula is C36H40F2N4O4S. The van der Waals surface area contributed by atoms with Gasteiger partial charge in [0.2, 0.25) is 0 Å². The van der Waals surface area contributed by atoms with Gasteiger partial charge >= 0.3 is 0 Å². The lowest BCUT2D eigenvalue weighted by Gasteiger charge is -2.27. The van der Waals surface area contributed by atoms with E-state index in [0.29, 0.717) is 18.7 Å². The van der Waals surface area contributed by atoms with Crippen LogP contribution in [-0.2, 0) is 6.42 Å². The van der Waals surface area contributed by atoms with Crippen LogP contribution in [0.4, 0.5) is 8.78 Å². The third-order valence-electron chi connectivity index (χ3n) is 8.46. The number of rotatable bonds is 13. The van der Waals surface area contributed by atoms with E-state index in [1.807, 2.05) is 73.8 Å². The van der Waals surface area contributed by atoms with Gasteiger partial charge in [0.1, 0.15) is 10.8 Å². The monoisotopic (exact) mass is 662 g/mol. The minimum Gasteiger partial charge on any atom is -0.497 e. The van der Waals surface area contributed by atoms with Gasteiger partial charge in [0.05, 0.1) is 25.3 Å². The molecule has 0 aliphatic carbocycles. The number of methoxy groups -OCH3 is 1. The van der Waals surface area contributed by atoms with E-state index >= 15 is 0 Å². The largest absolute Gasteiger partial charge is 0.497 e. The van der Waals surface area contributed by atoms with Crippen molar-refractivity contribution >= 4 is 23.2 Å². The second-order valence-corrected chi connectivity index (χ2v) is 12.8. The summed E-state index contributed by atoms with van der Waals surface area (Å²) in [5.41, 5.74) is 2.23. The fraction of sp³-hybridized carbons (Fsp3) is 0.361. The SMILES string of the molecule is COc1cccc([C@H](C)NC[C@@H](O)[C@H](Cc2ccccc2)NC(=O)c2cc(C(=O)N3CCC[C@@H]3c3nc(C)cs3)cc(C(F)F)c2)c1. The molecule has 3 N–H and O–H groups in total. The van der Waals surface area contributed by atoms with Gasteiger partial charge in [-0.25, -0.2) is 13.8 Å². The van der Waals surface area contributed by atoms with Gasteiger partial charge in [0.15, 0.2) is 0 Å². The molecule has 2 amide bonds. The molecule has 2 heterocycles. The van der Waals surface area contributed by atoms with Crippen molar-refractivity contribution in [3.05, 3.63) is 117 Å². The van der Waals surface area contributed by atoms with Crippen molar-refractivity contribution in [2.45, 2.75) is 63.8 Å². The smallest absolute Gasteiger partial charge is 0.263 e. The number of nitrogens with one attached hydrogen (secondary N) is 2. The van der Waals surface area contributed by atoms with Crippen LogP contribution in [0.25, 0.3) is 0 Å². The average Bonchev–Trinajstić information content (AvgIpc) is 3.75. The zero-order chi connectivity index (χ0) is 33.5. The van der Waals surface area contributed by atoms with Gasteiger partial charge in [-0.1, -0.05) is 42.5 Å². The van der Waals surface area contributed by atoms with Gasteiger partial charge in [-0.05, 0) is 74.6 Å². The van der Waals surface area contributed by atoms with Crippen LogP contribution in [0.3, 0.4) is 0 Å². The van der Waals surface area contributed by atoms with Crippen molar-refractivity contribution < 1.29 is 28.2 Å². The van der Waals surface area contributed by atoms with Crippen LogP contribution in [0.15, 0.2) is 78.2 Å². The lowest BCUT2D eigenvalue weighted by atomic mass is 9.99. The summed E-state index contributed by atoms with van der Waals surface area (Å²) in [6, 6.07) is 19.5. The Balaban J connectivity index is 1.36. The zero-order valence-electron chi connectivity index (χ0n) is 26.7. The topological polar surface area (TPSA) is 104 Å². The average molecular weight is 663 g/mol. The highest BCUT2D eigenvalue weighted by Gasteiger charge is 2.33. The Morgan fingerprint density at radius 2 is 1.83 bits per heavy atom. The fourth-order valence-electron chi connectivity index (χ4n) is 5.86. The number of hydrogen-bond donors (Lipinski definition) is 3. The van der Waals surface area contributed by atoms with E-state index in [0.717, 1.165) is 46.8 Å². The summed E-state index contributed by atoms with van der Waals surface area (Å²) in [7, 11) is 1.60. The molecule has 1 aliphatic rings. The van der Waals surface area contributed by atoms with Crippen LogP contribution < -0.4 is 15.4 Å². The number of nitrogens with zero attached hydrogens (tertiary/aromatic N) is 2. The highest BCUT2D eigenvalue weighted by atomic mass is 32.1. The van der Waals surface area contributed by atoms with E-state index in [1.54, 1.807) is 12.0 Å². The summed E-state index contributed by atoms with van der Waals surface area (Å²) in [6.07, 6.45) is -2.13. The Morgan fingerprint density at radius 3 is 2.53 bits per heavy atom. The van der Waals surface area contributed by atoms with E-state index in [-0.39, 0.29) is 29.8 Å². The second kappa shape index (κ2) is 15.6. The maximum atomic E-state index is 14.1. The van der Waals surface area contributed by atoms with Gasteiger partial charge in [-0.2, -0.15) is 0 Å². The minimum atomic E-state index is -2.89. The Labute approximate surface area is 277 Å². The Hall–Kier alpha value is -4.19. The van der Waals surface area contributed by atoms with E-state index in [2.05, 4.69) is 15.6 Å². The number of ether oxygens (including phenoxy) is 1. The lowest BCUT2D eigenvalue weighted by Crippen LogP contribution is -2.49. The van der Waals surface area contributed by atoms with Gasteiger partial charge in [0.25, 0.3) is 18.2 Å². The molecule has 1 saturated heterocycles. The number of aliphatic hydroxyl groups excluding tert-OH is 1. The molecule has 1 aliphatic heterocycles. The molecule has 0 bridgehead atoms. The number of aromatic nitrogens is 1. The van der Waals surface area contributed by atoms with Crippen molar-refractivity contribution in [1.29, 1.82) is 0 Å². The van der Waals surface area contributed by atoms with Gasteiger partial charge in [-0.3, -0.25) is 9.59 Å². The first-order valence-electron chi connectivity index (χ1n) is 15.7. The zero-order valence-corrected chi connectivity index (χ0v) is 27.5. The normalized spacial score (nSPS) is 16.6. The molecule has 47 heavy (non-hydrogen) atoms. The van der Waals surface area contributed by atoms with E-state index in [4.69, 9.17) is 4.74 Å². The van der Waals surface area contributed by atoms with E-state index in [1.165, 1.54) is 17.4 Å². The Kier molecular flexibility index (Phi) is 11.3. The fourth-order valence-corrected chi connectivity index (χ4v) is 6.80. The molecule has 0 spiro atoms. The van der Waals surface area contributed by atoms with Crippen molar-refractivity contribution in [2.24, 2.45) is 0 Å². The van der Waals surface area contributed by atoms with Crippen LogP contribution in [0.5, 0.6) is 5.75 Å². The summed E-state index contributed by atoms with van der Waals surface area (Å²) < 4.78 is 33.5. The maximum absolute atomic E-state index is 14.1. The highest BCUT2D eigenvalue weighted by Crippen LogP contribution is 2.35. The second-order valence-electron chi connectivity index (χ2n) is 11.9. The Bertz CT molecular complexity index is 1670. The molecule has 5 rings (SSSR count). The first kappa shape index (κ1) is 34.2. The number of aliphatic hydroxyl groups is 1. The standard InChI is InChI=1S/C36H40F2N4O4S/c1-22-21-47-35(40-22)31-13-8-14-42(31)36(45)28-17-26(33(37)38)16-27(18-28)34(44)41-30(15-24-9-5-4-6-10-24)32(43)20-39-23(2)25-11-7-12-29(19-25)46-3/h4-7,9-12,16-19,21,23,30-33,39,43H,8,13-15,20H2,1-3H3,(H,41,44)/t23-,30-,31+,32+/m0/s1. The number of amides is 2. The number of likely N-dealkylation sites (tertiary alicyclic amines) is 1. The number of carbonyl (C=O) groups is 2. The van der Waals surface area contributed by atoms with Crippen molar-refractivity contribution in [3.8, 4) is 5.75 Å². The molecule has 4 aromatic rings. The van der Waals surface area contributed by atoms with Gasteiger partial charge < -0.3 is 25.4 Å². The molecule has 0 saturated carbocycles. The maximum Gasteiger partial charge on any atom is 0.263 e. The number of carbonyl (C=O) groups excluding carboxylic acids is 2. The summed E-state index contributed by atoms with van der Waals surface area (Å²) in [4.78, 5) is 33.6. The number of benzene rings is 3. The predicted molar refractivity (Wildman–Crippen MR) is 178 cm³/mol. The van der Waals surface area contributed by atoms with E-state index < -0.39 is 35.9 Å². The van der Waals surface area contributed by atoms with Crippen molar-refractivity contribution in [2.75, 3.05) is 20.2 Å². The van der Waals surface area contributed by atoms with Crippen LogP contribution in [0.2, 0.25) is 0 Å². The number of halogens is 2. The predicted octanol–water partition coefficient (Wildman–Crippen LogP) is 6.43. The summed E-state index contributed by atoms with van der Waals surface area (Å²) in [5, 5.41) is 20.3. The number of thiazole rings is 1. The molecule has 4 atom stereocenters. The van der Waals surface area contributed by atoms with Crippen LogP contribution in [0.1, 0.15) is 86.4 Å². The molecular weight excluding hydrogens is 622 g/mol. The molecule has 3 aromatic carbocycles. The molecule has 1 aromatic heterocycles. The van der Waals surface area contributed by atoms with Gasteiger partial charge in [-0.15, -0.1) is 11.3 Å². The first-order chi connectivity index (χ1) is 22.6. The van der Waals surface area contributed by atoms with Crippen molar-refractivity contribution in [3.63, 3.8) is 0 Å². The molecule has 1 fully saturated rings. The van der Waals surface area contributed by atoms with E-state index in [9.17, 15) is 23.5 Å². The van der Waals surface area contributed by atoms with Crippen LogP contribution in [0, 0.1) is 6.92 Å². The third-order valence-corrected chi connectivity index (χ3v) is 9.52.